The van der Waals surface area contributed by atoms with E-state index in [1.807, 2.05) is 22.4 Å². The van der Waals surface area contributed by atoms with Crippen LogP contribution in [0.15, 0.2) is 17.5 Å². The van der Waals surface area contributed by atoms with Crippen molar-refractivity contribution in [3.63, 3.8) is 0 Å². The largest absolute Gasteiger partial charge is 0.353 e. The van der Waals surface area contributed by atoms with Gasteiger partial charge in [0.1, 0.15) is 0 Å². The standard InChI is InChI=1S/C23H36N4O2S/c28-22(24-10-13-25-11-4-1-5-12-25)21(19-7-2-3-8-19)26-14-16-27(17-15-26)23(29)20-9-6-18-30-20/h6,9,18-19,21H,1-5,7-8,10-17H2,(H,24,28). The number of hydrogen-bond acceptors (Lipinski definition) is 5. The van der Waals surface area contributed by atoms with Crippen molar-refractivity contribution in [2.75, 3.05) is 52.4 Å². The third-order valence-corrected chi connectivity index (χ3v) is 7.88. The fourth-order valence-corrected chi connectivity index (χ4v) is 6.03. The maximum absolute atomic E-state index is 13.2. The molecule has 1 aromatic heterocycles. The summed E-state index contributed by atoms with van der Waals surface area (Å²) in [5.74, 6) is 0.796. The third kappa shape index (κ3) is 5.42. The number of likely N-dealkylation sites (tertiary alicyclic amines) is 1. The molecule has 1 atom stereocenters. The zero-order valence-electron chi connectivity index (χ0n) is 18.1. The van der Waals surface area contributed by atoms with E-state index < -0.39 is 0 Å². The molecule has 4 rings (SSSR count). The summed E-state index contributed by atoms with van der Waals surface area (Å²) in [5, 5.41) is 5.21. The molecular formula is C23H36N4O2S. The lowest BCUT2D eigenvalue weighted by Gasteiger charge is -2.40. The maximum Gasteiger partial charge on any atom is 0.264 e. The zero-order chi connectivity index (χ0) is 20.8. The predicted octanol–water partition coefficient (Wildman–Crippen LogP) is 2.67. The number of nitrogens with one attached hydrogen (secondary N) is 1. The van der Waals surface area contributed by atoms with Crippen LogP contribution in [0.1, 0.15) is 54.6 Å². The van der Waals surface area contributed by atoms with Crippen LogP contribution in [0, 0.1) is 5.92 Å². The van der Waals surface area contributed by atoms with Crippen LogP contribution in [0.2, 0.25) is 0 Å². The van der Waals surface area contributed by atoms with E-state index in [-0.39, 0.29) is 17.9 Å². The summed E-state index contributed by atoms with van der Waals surface area (Å²) < 4.78 is 0. The average Bonchev–Trinajstić information content (AvgIpc) is 3.49. The molecule has 3 fully saturated rings. The van der Waals surface area contributed by atoms with Crippen molar-refractivity contribution in [3.05, 3.63) is 22.4 Å². The Morgan fingerprint density at radius 1 is 1.00 bits per heavy atom. The summed E-state index contributed by atoms with van der Waals surface area (Å²) >= 11 is 1.50. The van der Waals surface area contributed by atoms with Gasteiger partial charge in [-0.15, -0.1) is 11.3 Å². The molecule has 1 N–H and O–H groups in total. The van der Waals surface area contributed by atoms with Crippen LogP contribution in [-0.4, -0.2) is 84.9 Å². The molecule has 0 aromatic carbocycles. The molecule has 0 bridgehead atoms. The Morgan fingerprint density at radius 3 is 2.40 bits per heavy atom. The van der Waals surface area contributed by atoms with Crippen LogP contribution >= 0.6 is 11.3 Å². The first-order valence-corrected chi connectivity index (χ1v) is 12.7. The monoisotopic (exact) mass is 432 g/mol. The van der Waals surface area contributed by atoms with Gasteiger partial charge < -0.3 is 15.1 Å². The minimum absolute atomic E-state index is 0.0344. The lowest BCUT2D eigenvalue weighted by molar-refractivity contribution is -0.129. The summed E-state index contributed by atoms with van der Waals surface area (Å²) in [6, 6.07) is 3.79. The molecule has 30 heavy (non-hydrogen) atoms. The van der Waals surface area contributed by atoms with Crippen molar-refractivity contribution in [2.45, 2.75) is 51.0 Å². The highest BCUT2D eigenvalue weighted by Crippen LogP contribution is 2.31. The molecule has 1 saturated carbocycles. The molecule has 1 aromatic rings. The van der Waals surface area contributed by atoms with Gasteiger partial charge in [0.05, 0.1) is 10.9 Å². The Balaban J connectivity index is 1.30. The summed E-state index contributed by atoms with van der Waals surface area (Å²) in [4.78, 5) is 33.5. The number of carbonyl (C=O) groups is 2. The topological polar surface area (TPSA) is 55.9 Å². The van der Waals surface area contributed by atoms with Crippen molar-refractivity contribution >= 4 is 23.2 Å². The molecular weight excluding hydrogens is 396 g/mol. The van der Waals surface area contributed by atoms with E-state index in [0.717, 1.165) is 43.9 Å². The van der Waals surface area contributed by atoms with Crippen molar-refractivity contribution in [2.24, 2.45) is 5.92 Å². The van der Waals surface area contributed by atoms with Crippen molar-refractivity contribution < 1.29 is 9.59 Å². The summed E-state index contributed by atoms with van der Waals surface area (Å²) in [6.45, 7) is 7.05. The summed E-state index contributed by atoms with van der Waals surface area (Å²) in [6.07, 6.45) is 8.68. The van der Waals surface area contributed by atoms with E-state index in [1.165, 1.54) is 56.5 Å². The minimum atomic E-state index is -0.0344. The zero-order valence-corrected chi connectivity index (χ0v) is 18.9. The molecule has 2 saturated heterocycles. The normalized spacial score (nSPS) is 22.9. The first-order chi connectivity index (χ1) is 14.7. The molecule has 6 nitrogen and oxygen atoms in total. The Hall–Kier alpha value is -1.44. The number of carbonyl (C=O) groups excluding carboxylic acids is 2. The van der Waals surface area contributed by atoms with Gasteiger partial charge in [-0.2, -0.15) is 0 Å². The summed E-state index contributed by atoms with van der Waals surface area (Å²) in [5.41, 5.74) is 0. The lowest BCUT2D eigenvalue weighted by Crippen LogP contribution is -2.58. The molecule has 1 unspecified atom stereocenters. The first-order valence-electron chi connectivity index (χ1n) is 11.8. The van der Waals surface area contributed by atoms with E-state index >= 15 is 0 Å². The number of piperidine rings is 1. The van der Waals surface area contributed by atoms with Crippen LogP contribution in [0.3, 0.4) is 0 Å². The minimum Gasteiger partial charge on any atom is -0.353 e. The van der Waals surface area contributed by atoms with Gasteiger partial charge >= 0.3 is 0 Å². The fourth-order valence-electron chi connectivity index (χ4n) is 5.34. The highest BCUT2D eigenvalue weighted by Gasteiger charge is 2.37. The Labute approximate surface area is 184 Å². The van der Waals surface area contributed by atoms with Crippen LogP contribution in [0.25, 0.3) is 0 Å². The van der Waals surface area contributed by atoms with Gasteiger partial charge in [0.2, 0.25) is 5.91 Å². The Kier molecular flexibility index (Phi) is 7.79. The highest BCUT2D eigenvalue weighted by atomic mass is 32.1. The molecule has 3 aliphatic rings. The quantitative estimate of drug-likeness (QED) is 0.720. The van der Waals surface area contributed by atoms with Crippen LogP contribution < -0.4 is 5.32 Å². The molecule has 1 aliphatic carbocycles. The molecule has 0 spiro atoms. The number of thiophene rings is 1. The highest BCUT2D eigenvalue weighted by molar-refractivity contribution is 7.12. The van der Waals surface area contributed by atoms with Gasteiger partial charge in [-0.1, -0.05) is 25.3 Å². The van der Waals surface area contributed by atoms with Crippen molar-refractivity contribution in [3.8, 4) is 0 Å². The predicted molar refractivity (Wildman–Crippen MR) is 121 cm³/mol. The van der Waals surface area contributed by atoms with Gasteiger partial charge in [0.25, 0.3) is 5.91 Å². The lowest BCUT2D eigenvalue weighted by atomic mass is 9.95. The van der Waals surface area contributed by atoms with Crippen molar-refractivity contribution in [1.82, 2.24) is 20.0 Å². The molecule has 166 valence electrons. The molecule has 7 heteroatoms. The second kappa shape index (κ2) is 10.7. The Bertz CT molecular complexity index is 675. The summed E-state index contributed by atoms with van der Waals surface area (Å²) in [7, 11) is 0. The third-order valence-electron chi connectivity index (χ3n) is 7.02. The van der Waals surface area contributed by atoms with E-state index in [0.29, 0.717) is 19.0 Å². The number of amides is 2. The first kappa shape index (κ1) is 21.8. The SMILES string of the molecule is O=C(NCCN1CCCCC1)C(C1CCCC1)N1CCN(C(=O)c2cccs2)CC1. The van der Waals surface area contributed by atoms with Gasteiger partial charge in [-0.05, 0) is 56.1 Å². The van der Waals surface area contributed by atoms with Gasteiger partial charge in [-0.3, -0.25) is 14.5 Å². The average molecular weight is 433 g/mol. The number of piperazine rings is 1. The van der Waals surface area contributed by atoms with Gasteiger partial charge in [-0.25, -0.2) is 0 Å². The van der Waals surface area contributed by atoms with Crippen LogP contribution in [0.5, 0.6) is 0 Å². The van der Waals surface area contributed by atoms with Crippen LogP contribution in [-0.2, 0) is 4.79 Å². The van der Waals surface area contributed by atoms with Crippen molar-refractivity contribution in [1.29, 1.82) is 0 Å². The fraction of sp³-hybridized carbons (Fsp3) is 0.739. The molecule has 2 aliphatic heterocycles. The smallest absolute Gasteiger partial charge is 0.264 e. The Morgan fingerprint density at radius 2 is 1.73 bits per heavy atom. The van der Waals surface area contributed by atoms with Crippen LogP contribution in [0.4, 0.5) is 0 Å². The van der Waals surface area contributed by atoms with E-state index in [1.54, 1.807) is 0 Å². The van der Waals surface area contributed by atoms with Gasteiger partial charge in [0.15, 0.2) is 0 Å². The number of nitrogens with zero attached hydrogens (tertiary/aromatic N) is 3. The number of rotatable bonds is 7. The second-order valence-corrected chi connectivity index (χ2v) is 9.94. The number of hydrogen-bond donors (Lipinski definition) is 1. The second-order valence-electron chi connectivity index (χ2n) is 8.99. The maximum atomic E-state index is 13.2. The molecule has 0 radical (unpaired) electrons. The molecule has 3 heterocycles. The van der Waals surface area contributed by atoms with E-state index in [2.05, 4.69) is 15.1 Å². The van der Waals surface area contributed by atoms with Gasteiger partial charge in [0, 0.05) is 39.3 Å². The van der Waals surface area contributed by atoms with E-state index in [4.69, 9.17) is 0 Å². The van der Waals surface area contributed by atoms with E-state index in [9.17, 15) is 9.59 Å². The molecule has 2 amide bonds.